The smallest absolute Gasteiger partial charge is 0.143 e. The van der Waals surface area contributed by atoms with Gasteiger partial charge in [-0.3, -0.25) is 4.98 Å². The number of aromatic nitrogens is 4. The fourth-order valence-corrected chi connectivity index (χ4v) is 2.07. The van der Waals surface area contributed by atoms with Crippen molar-refractivity contribution in [2.75, 3.05) is 5.32 Å². The number of nitrogens with zero attached hydrogens (tertiary/aromatic N) is 3. The minimum atomic E-state index is 0.721. The molecule has 0 fully saturated rings. The summed E-state index contributed by atoms with van der Waals surface area (Å²) in [4.78, 5) is 16.1. The lowest BCUT2D eigenvalue weighted by molar-refractivity contribution is 1.04. The van der Waals surface area contributed by atoms with Crippen molar-refractivity contribution in [2.24, 2.45) is 0 Å². The molecule has 96 valence electrons. The largest absolute Gasteiger partial charge is 0.365 e. The fraction of sp³-hybridized carbons (Fsp3) is 0.214. The number of H-pyrrole nitrogens is 1. The Morgan fingerprint density at radius 3 is 2.74 bits per heavy atom. The highest BCUT2D eigenvalue weighted by Gasteiger charge is 2.07. The zero-order valence-corrected chi connectivity index (χ0v) is 10.9. The molecule has 0 atom stereocenters. The van der Waals surface area contributed by atoms with Crippen LogP contribution >= 0.6 is 0 Å². The van der Waals surface area contributed by atoms with E-state index in [9.17, 15) is 0 Å². The first-order chi connectivity index (χ1) is 9.22. The summed E-state index contributed by atoms with van der Waals surface area (Å²) < 4.78 is 0. The van der Waals surface area contributed by atoms with Gasteiger partial charge >= 0.3 is 0 Å². The van der Waals surface area contributed by atoms with Crippen LogP contribution in [0.3, 0.4) is 0 Å². The number of pyridine rings is 1. The molecular formula is C14H15N5. The van der Waals surface area contributed by atoms with Crippen LogP contribution in [0.15, 0.2) is 30.6 Å². The fourth-order valence-electron chi connectivity index (χ4n) is 2.07. The predicted octanol–water partition coefficient (Wildman–Crippen LogP) is 2.58. The van der Waals surface area contributed by atoms with Crippen molar-refractivity contribution in [3.8, 4) is 0 Å². The normalized spacial score (nSPS) is 10.8. The second-order valence-electron chi connectivity index (χ2n) is 4.54. The maximum atomic E-state index is 4.47. The van der Waals surface area contributed by atoms with Crippen LogP contribution in [0.25, 0.3) is 11.0 Å². The van der Waals surface area contributed by atoms with Gasteiger partial charge in [0.15, 0.2) is 0 Å². The topological polar surface area (TPSA) is 66.5 Å². The second kappa shape index (κ2) is 4.68. The zero-order chi connectivity index (χ0) is 13.2. The summed E-state index contributed by atoms with van der Waals surface area (Å²) in [6.07, 6.45) is 3.58. The Kier molecular flexibility index (Phi) is 2.87. The van der Waals surface area contributed by atoms with Crippen molar-refractivity contribution in [3.63, 3.8) is 0 Å². The maximum absolute atomic E-state index is 4.47. The quantitative estimate of drug-likeness (QED) is 0.753. The van der Waals surface area contributed by atoms with Crippen LogP contribution in [0.2, 0.25) is 0 Å². The van der Waals surface area contributed by atoms with E-state index in [4.69, 9.17) is 0 Å². The molecule has 0 radical (unpaired) electrons. The van der Waals surface area contributed by atoms with E-state index in [-0.39, 0.29) is 0 Å². The molecular weight excluding hydrogens is 238 g/mol. The number of hydrogen-bond acceptors (Lipinski definition) is 4. The molecule has 2 N–H and O–H groups in total. The molecule has 0 saturated heterocycles. The first-order valence-corrected chi connectivity index (χ1v) is 6.19. The van der Waals surface area contributed by atoms with E-state index in [1.807, 2.05) is 26.0 Å². The lowest BCUT2D eigenvalue weighted by Crippen LogP contribution is -2.03. The van der Waals surface area contributed by atoms with Crippen molar-refractivity contribution in [1.82, 2.24) is 19.9 Å². The van der Waals surface area contributed by atoms with Gasteiger partial charge in [0.1, 0.15) is 17.3 Å². The molecule has 5 nitrogen and oxygen atoms in total. The van der Waals surface area contributed by atoms with Gasteiger partial charge < -0.3 is 10.3 Å². The van der Waals surface area contributed by atoms with Crippen molar-refractivity contribution in [3.05, 3.63) is 47.7 Å². The number of anilines is 1. The minimum absolute atomic E-state index is 0.721. The summed E-state index contributed by atoms with van der Waals surface area (Å²) in [5.41, 5.74) is 3.13. The SMILES string of the molecule is Cc1nc(NCc2ccncc2)c2cc(C)[nH]c2n1. The van der Waals surface area contributed by atoms with Crippen LogP contribution < -0.4 is 5.32 Å². The van der Waals surface area contributed by atoms with E-state index in [0.29, 0.717) is 0 Å². The average Bonchev–Trinajstić information content (AvgIpc) is 2.77. The molecule has 0 spiro atoms. The number of nitrogens with one attached hydrogen (secondary N) is 2. The van der Waals surface area contributed by atoms with Gasteiger partial charge in [0.2, 0.25) is 0 Å². The molecule has 3 heterocycles. The first kappa shape index (κ1) is 11.6. The predicted molar refractivity (Wildman–Crippen MR) is 74.9 cm³/mol. The van der Waals surface area contributed by atoms with Crippen molar-refractivity contribution in [1.29, 1.82) is 0 Å². The highest BCUT2D eigenvalue weighted by atomic mass is 15.0. The third-order valence-corrected chi connectivity index (χ3v) is 2.94. The van der Waals surface area contributed by atoms with E-state index < -0.39 is 0 Å². The molecule has 5 heteroatoms. The number of hydrogen-bond donors (Lipinski definition) is 2. The van der Waals surface area contributed by atoms with E-state index in [1.165, 1.54) is 5.56 Å². The lowest BCUT2D eigenvalue weighted by atomic mass is 10.2. The van der Waals surface area contributed by atoms with Gasteiger partial charge in [-0.15, -0.1) is 0 Å². The molecule has 3 rings (SSSR count). The number of aryl methyl sites for hydroxylation is 2. The Balaban J connectivity index is 1.92. The molecule has 0 aliphatic rings. The van der Waals surface area contributed by atoms with Crippen molar-refractivity contribution >= 4 is 16.9 Å². The summed E-state index contributed by atoms with van der Waals surface area (Å²) in [5, 5.41) is 4.38. The highest BCUT2D eigenvalue weighted by Crippen LogP contribution is 2.21. The van der Waals surface area contributed by atoms with Crippen LogP contribution in [0.4, 0.5) is 5.82 Å². The highest BCUT2D eigenvalue weighted by molar-refractivity contribution is 5.87. The third kappa shape index (κ3) is 2.40. The van der Waals surface area contributed by atoms with E-state index in [0.717, 1.165) is 34.9 Å². The van der Waals surface area contributed by atoms with E-state index in [2.05, 4.69) is 31.3 Å². The third-order valence-electron chi connectivity index (χ3n) is 2.94. The van der Waals surface area contributed by atoms with Crippen LogP contribution in [-0.4, -0.2) is 19.9 Å². The van der Waals surface area contributed by atoms with Gasteiger partial charge in [-0.2, -0.15) is 0 Å². The van der Waals surface area contributed by atoms with Crippen LogP contribution in [0, 0.1) is 13.8 Å². The second-order valence-corrected chi connectivity index (χ2v) is 4.54. The first-order valence-electron chi connectivity index (χ1n) is 6.19. The van der Waals surface area contributed by atoms with Crippen LogP contribution in [0.5, 0.6) is 0 Å². The van der Waals surface area contributed by atoms with Gasteiger partial charge in [-0.1, -0.05) is 0 Å². The Hall–Kier alpha value is -2.43. The molecule has 0 aliphatic carbocycles. The molecule has 3 aromatic heterocycles. The van der Waals surface area contributed by atoms with Crippen LogP contribution in [-0.2, 0) is 6.54 Å². The van der Waals surface area contributed by atoms with Crippen molar-refractivity contribution < 1.29 is 0 Å². The van der Waals surface area contributed by atoms with E-state index in [1.54, 1.807) is 12.4 Å². The van der Waals surface area contributed by atoms with Gasteiger partial charge in [-0.05, 0) is 37.6 Å². The maximum Gasteiger partial charge on any atom is 0.143 e. The van der Waals surface area contributed by atoms with Crippen LogP contribution in [0.1, 0.15) is 17.1 Å². The van der Waals surface area contributed by atoms with Gasteiger partial charge in [0, 0.05) is 24.6 Å². The number of fused-ring (bicyclic) bond motifs is 1. The summed E-state index contributed by atoms with van der Waals surface area (Å²) in [7, 11) is 0. The summed E-state index contributed by atoms with van der Waals surface area (Å²) >= 11 is 0. The minimum Gasteiger partial charge on any atom is -0.365 e. The molecule has 0 amide bonds. The monoisotopic (exact) mass is 253 g/mol. The number of rotatable bonds is 3. The van der Waals surface area contributed by atoms with Gasteiger partial charge in [0.25, 0.3) is 0 Å². The molecule has 0 aliphatic heterocycles. The standard InChI is InChI=1S/C14H15N5/c1-9-7-12-13(18-10(2)19-14(12)17-9)16-8-11-3-5-15-6-4-11/h3-7H,8H2,1-2H3,(H2,16,17,18,19). The lowest BCUT2D eigenvalue weighted by Gasteiger charge is -2.07. The molecule has 0 saturated carbocycles. The van der Waals surface area contributed by atoms with Crippen molar-refractivity contribution in [2.45, 2.75) is 20.4 Å². The zero-order valence-electron chi connectivity index (χ0n) is 10.9. The Morgan fingerprint density at radius 2 is 1.95 bits per heavy atom. The average molecular weight is 253 g/mol. The molecule has 0 bridgehead atoms. The Labute approximate surface area is 111 Å². The molecule has 0 unspecified atom stereocenters. The molecule has 3 aromatic rings. The van der Waals surface area contributed by atoms with Gasteiger partial charge in [-0.25, -0.2) is 9.97 Å². The summed E-state index contributed by atoms with van der Waals surface area (Å²) in [6, 6.07) is 6.03. The summed E-state index contributed by atoms with van der Waals surface area (Å²) in [6.45, 7) is 4.63. The molecule has 0 aromatic carbocycles. The number of aromatic amines is 1. The van der Waals surface area contributed by atoms with Gasteiger partial charge in [0.05, 0.1) is 5.39 Å². The van der Waals surface area contributed by atoms with E-state index >= 15 is 0 Å². The molecule has 19 heavy (non-hydrogen) atoms. The summed E-state index contributed by atoms with van der Waals surface area (Å²) in [5.74, 6) is 1.62. The Morgan fingerprint density at radius 1 is 1.16 bits per heavy atom. The Bertz CT molecular complexity index is 702.